The van der Waals surface area contributed by atoms with Crippen molar-refractivity contribution in [2.45, 2.75) is 45.9 Å². The van der Waals surface area contributed by atoms with Crippen molar-refractivity contribution in [2.24, 2.45) is 0 Å². The second-order valence-electron chi connectivity index (χ2n) is 7.40. The Labute approximate surface area is 168 Å². The molecule has 0 radical (unpaired) electrons. The maximum Gasteiger partial charge on any atom is 0.235 e. The van der Waals surface area contributed by atoms with Crippen molar-refractivity contribution in [1.29, 1.82) is 0 Å². The Morgan fingerprint density at radius 1 is 1.29 bits per heavy atom. The zero-order valence-corrected chi connectivity index (χ0v) is 17.5. The number of quaternary nitrogens is 1. The van der Waals surface area contributed by atoms with Crippen molar-refractivity contribution in [3.63, 3.8) is 0 Å². The predicted molar refractivity (Wildman–Crippen MR) is 107 cm³/mol. The number of thiazole rings is 1. The van der Waals surface area contributed by atoms with Crippen molar-refractivity contribution in [3.8, 4) is 11.6 Å². The number of aromatic hydroxyl groups is 1. The summed E-state index contributed by atoms with van der Waals surface area (Å²) in [5.74, 6) is 1.69. The van der Waals surface area contributed by atoms with E-state index in [-0.39, 0.29) is 24.1 Å². The van der Waals surface area contributed by atoms with E-state index in [0.717, 1.165) is 34.2 Å². The van der Waals surface area contributed by atoms with Crippen LogP contribution in [0.2, 0.25) is 0 Å². The summed E-state index contributed by atoms with van der Waals surface area (Å²) in [6.45, 7) is 10.4. The molecule has 1 saturated heterocycles. The molecule has 2 N–H and O–H groups in total. The van der Waals surface area contributed by atoms with Gasteiger partial charge in [-0.05, 0) is 52.0 Å². The van der Waals surface area contributed by atoms with Crippen molar-refractivity contribution < 1.29 is 19.5 Å². The molecule has 0 unspecified atom stereocenters. The number of nitrogens with one attached hydrogen (secondary N) is 1. The fourth-order valence-corrected chi connectivity index (χ4v) is 5.27. The molecular weight excluding hydrogens is 376 g/mol. The molecule has 3 heterocycles. The van der Waals surface area contributed by atoms with E-state index < -0.39 is 0 Å². The molecule has 0 saturated carbocycles. The lowest BCUT2D eigenvalue weighted by molar-refractivity contribution is -0.939. The Morgan fingerprint density at radius 3 is 2.57 bits per heavy atom. The highest BCUT2D eigenvalue weighted by Gasteiger charge is 2.37. The van der Waals surface area contributed by atoms with Gasteiger partial charge in [0.15, 0.2) is 6.04 Å². The number of aromatic nitrogens is 3. The van der Waals surface area contributed by atoms with Crippen LogP contribution in [-0.4, -0.2) is 51.6 Å². The third kappa shape index (κ3) is 3.59. The molecule has 2 aromatic heterocycles. The minimum atomic E-state index is -0.0155. The molecule has 0 amide bonds. The van der Waals surface area contributed by atoms with Gasteiger partial charge >= 0.3 is 0 Å². The van der Waals surface area contributed by atoms with Gasteiger partial charge in [-0.15, -0.1) is 5.10 Å². The van der Waals surface area contributed by atoms with Crippen LogP contribution >= 0.6 is 11.3 Å². The summed E-state index contributed by atoms with van der Waals surface area (Å²) in [5, 5.41) is 15.3. The maximum atomic E-state index is 10.9. The smallest absolute Gasteiger partial charge is 0.235 e. The van der Waals surface area contributed by atoms with Gasteiger partial charge in [-0.25, -0.2) is 4.98 Å². The topological polar surface area (TPSA) is 73.3 Å². The van der Waals surface area contributed by atoms with E-state index in [4.69, 9.17) is 9.47 Å². The molecule has 28 heavy (non-hydrogen) atoms. The van der Waals surface area contributed by atoms with Crippen LogP contribution in [0.1, 0.15) is 43.1 Å². The van der Waals surface area contributed by atoms with Crippen LogP contribution in [0.4, 0.5) is 0 Å². The molecule has 1 fully saturated rings. The molecule has 3 atom stereocenters. The fraction of sp³-hybridized carbons (Fsp3) is 0.500. The number of hydrogen-bond donors (Lipinski definition) is 2. The fourth-order valence-electron chi connectivity index (χ4n) is 4.08. The van der Waals surface area contributed by atoms with Crippen molar-refractivity contribution in [2.75, 3.05) is 19.7 Å². The van der Waals surface area contributed by atoms with E-state index >= 15 is 0 Å². The zero-order valence-electron chi connectivity index (χ0n) is 16.7. The van der Waals surface area contributed by atoms with Gasteiger partial charge in [0.05, 0.1) is 6.61 Å². The molecule has 1 aliphatic rings. The average molecular weight is 404 g/mol. The van der Waals surface area contributed by atoms with E-state index in [2.05, 4.69) is 36.1 Å². The molecule has 7 nitrogen and oxygen atoms in total. The van der Waals surface area contributed by atoms with E-state index in [0.29, 0.717) is 12.4 Å². The van der Waals surface area contributed by atoms with Crippen LogP contribution in [0.25, 0.3) is 4.96 Å². The van der Waals surface area contributed by atoms with Gasteiger partial charge < -0.3 is 19.5 Å². The SMILES string of the molecule is CCOc1ccc([C@@H](c2sc3nc(C)nn3c2O)[NH+]2C[C@@H](C)O[C@H](C)C2)cc1. The standard InChI is InChI=1S/C20H26N4O3S/c1-5-26-16-8-6-15(7-9-16)17(23-10-12(2)27-13(3)11-23)18-19(25)24-20(28-18)21-14(4)22-24/h6-9,12-13,17,25H,5,10-11H2,1-4H3/p+1/t12-,13-,17+/m1/s1. The summed E-state index contributed by atoms with van der Waals surface area (Å²) < 4.78 is 13.1. The molecular formula is C20H27N4O3S+. The first-order valence-corrected chi connectivity index (χ1v) is 10.6. The van der Waals surface area contributed by atoms with Crippen LogP contribution in [0.3, 0.4) is 0 Å². The first-order valence-electron chi connectivity index (χ1n) is 9.74. The summed E-state index contributed by atoms with van der Waals surface area (Å²) in [4.78, 5) is 7.41. The second-order valence-corrected chi connectivity index (χ2v) is 8.41. The lowest BCUT2D eigenvalue weighted by atomic mass is 10.0. The van der Waals surface area contributed by atoms with Crippen LogP contribution < -0.4 is 9.64 Å². The van der Waals surface area contributed by atoms with Crippen molar-refractivity contribution >= 4 is 16.3 Å². The van der Waals surface area contributed by atoms with E-state index in [1.807, 2.05) is 26.0 Å². The van der Waals surface area contributed by atoms with Gasteiger partial charge in [0, 0.05) is 5.56 Å². The summed E-state index contributed by atoms with van der Waals surface area (Å²) in [6, 6.07) is 8.16. The monoisotopic (exact) mass is 403 g/mol. The molecule has 8 heteroatoms. The number of aryl methyl sites for hydroxylation is 1. The summed E-state index contributed by atoms with van der Waals surface area (Å²) >= 11 is 1.50. The summed E-state index contributed by atoms with van der Waals surface area (Å²) in [6.07, 6.45) is 0.325. The zero-order chi connectivity index (χ0) is 19.8. The second kappa shape index (κ2) is 7.69. The quantitative estimate of drug-likeness (QED) is 0.682. The normalized spacial score (nSPS) is 23.8. The largest absolute Gasteiger partial charge is 0.494 e. The minimum Gasteiger partial charge on any atom is -0.494 e. The number of morpholine rings is 1. The summed E-state index contributed by atoms with van der Waals surface area (Å²) in [7, 11) is 0. The van der Waals surface area contributed by atoms with Gasteiger partial charge in [0.1, 0.15) is 41.7 Å². The predicted octanol–water partition coefficient (Wildman–Crippen LogP) is 1.99. The van der Waals surface area contributed by atoms with Gasteiger partial charge in [-0.2, -0.15) is 4.52 Å². The lowest BCUT2D eigenvalue weighted by Gasteiger charge is -2.37. The first kappa shape index (κ1) is 19.2. The Hall–Kier alpha value is -2.16. The van der Waals surface area contributed by atoms with Gasteiger partial charge in [-0.1, -0.05) is 11.3 Å². The third-order valence-corrected chi connectivity index (χ3v) is 6.15. The number of hydrogen-bond acceptors (Lipinski definition) is 6. The Morgan fingerprint density at radius 2 is 1.96 bits per heavy atom. The number of rotatable bonds is 5. The van der Waals surface area contributed by atoms with Crippen molar-refractivity contribution in [3.05, 3.63) is 40.5 Å². The number of ether oxygens (including phenoxy) is 2. The number of fused-ring (bicyclic) bond motifs is 1. The Bertz CT molecular complexity index is 942. The van der Waals surface area contributed by atoms with E-state index in [1.165, 1.54) is 16.2 Å². The Kier molecular flexibility index (Phi) is 5.27. The van der Waals surface area contributed by atoms with Crippen LogP contribution in [-0.2, 0) is 4.74 Å². The van der Waals surface area contributed by atoms with Crippen LogP contribution in [0.5, 0.6) is 11.6 Å². The molecule has 4 rings (SSSR count). The number of benzene rings is 1. The van der Waals surface area contributed by atoms with Gasteiger partial charge in [-0.3, -0.25) is 0 Å². The molecule has 3 aromatic rings. The average Bonchev–Trinajstić information content (AvgIpc) is 3.14. The molecule has 0 aliphatic carbocycles. The summed E-state index contributed by atoms with van der Waals surface area (Å²) in [5.41, 5.74) is 1.14. The highest BCUT2D eigenvalue weighted by Crippen LogP contribution is 2.35. The van der Waals surface area contributed by atoms with Crippen molar-refractivity contribution in [1.82, 2.24) is 14.6 Å². The third-order valence-electron chi connectivity index (χ3n) is 5.06. The molecule has 150 valence electrons. The number of nitrogens with zero attached hydrogens (tertiary/aromatic N) is 3. The highest BCUT2D eigenvalue weighted by atomic mass is 32.1. The molecule has 1 aliphatic heterocycles. The minimum absolute atomic E-state index is 0.0155. The first-order chi connectivity index (χ1) is 13.5. The van der Waals surface area contributed by atoms with Crippen LogP contribution in [0.15, 0.2) is 24.3 Å². The van der Waals surface area contributed by atoms with Gasteiger partial charge in [0.2, 0.25) is 10.8 Å². The maximum absolute atomic E-state index is 10.9. The molecule has 0 bridgehead atoms. The van der Waals surface area contributed by atoms with E-state index in [9.17, 15) is 5.11 Å². The van der Waals surface area contributed by atoms with Gasteiger partial charge in [0.25, 0.3) is 0 Å². The molecule has 0 spiro atoms. The lowest BCUT2D eigenvalue weighted by Crippen LogP contribution is -3.15. The Balaban J connectivity index is 1.78. The molecule has 1 aromatic carbocycles. The van der Waals surface area contributed by atoms with E-state index in [1.54, 1.807) is 4.52 Å². The van der Waals surface area contributed by atoms with Crippen LogP contribution in [0, 0.1) is 6.92 Å². The highest BCUT2D eigenvalue weighted by molar-refractivity contribution is 7.17.